The van der Waals surface area contributed by atoms with E-state index >= 15 is 0 Å². The van der Waals surface area contributed by atoms with E-state index in [1.807, 2.05) is 23.5 Å². The van der Waals surface area contributed by atoms with Crippen molar-refractivity contribution in [2.45, 2.75) is 17.4 Å². The number of benzene rings is 1. The van der Waals surface area contributed by atoms with Gasteiger partial charge in [0.15, 0.2) is 0 Å². The zero-order valence-electron chi connectivity index (χ0n) is 11.2. The van der Waals surface area contributed by atoms with E-state index in [0.29, 0.717) is 11.2 Å². The van der Waals surface area contributed by atoms with Crippen molar-refractivity contribution in [3.8, 4) is 0 Å². The highest BCUT2D eigenvalue weighted by Crippen LogP contribution is 2.41. The number of aromatic nitrogens is 1. The van der Waals surface area contributed by atoms with Gasteiger partial charge in [-0.3, -0.25) is 4.98 Å². The van der Waals surface area contributed by atoms with Crippen LogP contribution in [0, 0.1) is 5.92 Å². The maximum atomic E-state index is 4.17. The van der Waals surface area contributed by atoms with Gasteiger partial charge in [0.2, 0.25) is 0 Å². The average molecular weight is 299 g/mol. The molecule has 102 valence electrons. The van der Waals surface area contributed by atoms with Gasteiger partial charge in [-0.2, -0.15) is 0 Å². The third kappa shape index (κ3) is 3.41. The van der Waals surface area contributed by atoms with Gasteiger partial charge in [0, 0.05) is 22.1 Å². The third-order valence-electron chi connectivity index (χ3n) is 3.42. The van der Waals surface area contributed by atoms with Crippen LogP contribution >= 0.6 is 23.1 Å². The third-order valence-corrected chi connectivity index (χ3v) is 5.84. The second-order valence-corrected chi connectivity index (χ2v) is 6.92. The van der Waals surface area contributed by atoms with E-state index in [4.69, 9.17) is 0 Å². The average Bonchev–Trinajstić information content (AvgIpc) is 3.03. The predicted octanol–water partition coefficient (Wildman–Crippen LogP) is 5.25. The lowest BCUT2D eigenvalue weighted by Crippen LogP contribution is -2.09. The molecule has 1 nitrogen and oxygen atoms in total. The summed E-state index contributed by atoms with van der Waals surface area (Å²) < 4.78 is 0. The Morgan fingerprint density at radius 3 is 2.85 bits per heavy atom. The van der Waals surface area contributed by atoms with Crippen LogP contribution in [0.2, 0.25) is 0 Å². The van der Waals surface area contributed by atoms with Crippen LogP contribution in [0.15, 0.2) is 66.3 Å². The van der Waals surface area contributed by atoms with E-state index in [0.717, 1.165) is 12.2 Å². The van der Waals surface area contributed by atoms with Gasteiger partial charge in [-0.15, -0.1) is 23.1 Å². The van der Waals surface area contributed by atoms with Crippen LogP contribution in [0.4, 0.5) is 0 Å². The highest BCUT2D eigenvalue weighted by molar-refractivity contribution is 7.98. The van der Waals surface area contributed by atoms with E-state index in [-0.39, 0.29) is 0 Å². The van der Waals surface area contributed by atoms with Crippen LogP contribution in [0.3, 0.4) is 0 Å². The predicted molar refractivity (Wildman–Crippen MR) is 89.0 cm³/mol. The maximum absolute atomic E-state index is 4.17. The number of rotatable bonds is 5. The van der Waals surface area contributed by atoms with Crippen molar-refractivity contribution in [1.29, 1.82) is 0 Å². The molecular formula is C17H17NS2. The Bertz CT molecular complexity index is 572. The van der Waals surface area contributed by atoms with Crippen LogP contribution in [0.5, 0.6) is 0 Å². The molecule has 3 rings (SSSR count). The van der Waals surface area contributed by atoms with Gasteiger partial charge in [-0.05, 0) is 17.9 Å². The van der Waals surface area contributed by atoms with Gasteiger partial charge in [0.1, 0.15) is 0 Å². The highest BCUT2D eigenvalue weighted by Gasteiger charge is 2.21. The van der Waals surface area contributed by atoms with Gasteiger partial charge in [0.05, 0.1) is 5.51 Å². The first-order chi connectivity index (χ1) is 9.93. The van der Waals surface area contributed by atoms with E-state index in [9.17, 15) is 0 Å². The minimum atomic E-state index is 0.513. The molecule has 2 aromatic rings. The van der Waals surface area contributed by atoms with Crippen molar-refractivity contribution < 1.29 is 0 Å². The maximum Gasteiger partial charge on any atom is 0.0794 e. The van der Waals surface area contributed by atoms with Gasteiger partial charge in [-0.25, -0.2) is 0 Å². The number of thiazole rings is 1. The molecule has 2 atom stereocenters. The Hall–Kier alpha value is -1.32. The minimum Gasteiger partial charge on any atom is -0.253 e. The van der Waals surface area contributed by atoms with Crippen LogP contribution in [0.25, 0.3) is 0 Å². The summed E-state index contributed by atoms with van der Waals surface area (Å²) in [6.45, 7) is 0. The van der Waals surface area contributed by atoms with Crippen molar-refractivity contribution in [3.05, 3.63) is 76.8 Å². The fourth-order valence-electron chi connectivity index (χ4n) is 2.42. The Morgan fingerprint density at radius 2 is 2.15 bits per heavy atom. The fourth-order valence-corrected chi connectivity index (χ4v) is 4.49. The van der Waals surface area contributed by atoms with E-state index in [1.165, 1.54) is 10.4 Å². The molecule has 3 heteroatoms. The summed E-state index contributed by atoms with van der Waals surface area (Å²) in [4.78, 5) is 5.52. The molecule has 0 fully saturated rings. The first kappa shape index (κ1) is 13.7. The summed E-state index contributed by atoms with van der Waals surface area (Å²) >= 11 is 3.77. The minimum absolute atomic E-state index is 0.513. The number of hydrogen-bond donors (Lipinski definition) is 0. The lowest BCUT2D eigenvalue weighted by atomic mass is 9.92. The molecule has 0 amide bonds. The van der Waals surface area contributed by atoms with Crippen LogP contribution in [-0.4, -0.2) is 4.98 Å². The number of thioether (sulfide) groups is 1. The molecule has 0 saturated heterocycles. The number of allylic oxidation sites excluding steroid dienone is 4. The molecule has 1 heterocycles. The second kappa shape index (κ2) is 6.91. The van der Waals surface area contributed by atoms with E-state index < -0.39 is 0 Å². The van der Waals surface area contributed by atoms with Gasteiger partial charge in [-0.1, -0.05) is 54.6 Å². The quantitative estimate of drug-likeness (QED) is 0.748. The molecule has 2 unspecified atom stereocenters. The fraction of sp³-hybridized carbons (Fsp3) is 0.235. The van der Waals surface area contributed by atoms with Crippen LogP contribution in [0.1, 0.15) is 22.1 Å². The monoisotopic (exact) mass is 299 g/mol. The summed E-state index contributed by atoms with van der Waals surface area (Å²) in [6, 6.07) is 10.9. The molecule has 0 aliphatic heterocycles. The van der Waals surface area contributed by atoms with Gasteiger partial charge >= 0.3 is 0 Å². The van der Waals surface area contributed by atoms with Crippen LogP contribution in [-0.2, 0) is 5.75 Å². The Kier molecular flexibility index (Phi) is 4.72. The molecule has 1 aromatic carbocycles. The van der Waals surface area contributed by atoms with Crippen molar-refractivity contribution in [3.63, 3.8) is 0 Å². The van der Waals surface area contributed by atoms with Crippen molar-refractivity contribution in [1.82, 2.24) is 4.98 Å². The van der Waals surface area contributed by atoms with Crippen LogP contribution < -0.4 is 0 Å². The van der Waals surface area contributed by atoms with E-state index in [2.05, 4.69) is 59.6 Å². The molecule has 1 aromatic heterocycles. The summed E-state index contributed by atoms with van der Waals surface area (Å²) in [5, 5.41) is 0.513. The molecule has 1 aliphatic rings. The van der Waals surface area contributed by atoms with Gasteiger partial charge in [0.25, 0.3) is 0 Å². The summed E-state index contributed by atoms with van der Waals surface area (Å²) in [7, 11) is 0. The van der Waals surface area contributed by atoms with Crippen molar-refractivity contribution >= 4 is 23.1 Å². The van der Waals surface area contributed by atoms with Crippen molar-refractivity contribution in [2.75, 3.05) is 0 Å². The zero-order valence-corrected chi connectivity index (χ0v) is 12.8. The first-order valence-corrected chi connectivity index (χ1v) is 8.73. The SMILES string of the molecule is C1=CCC(C(SCc2cncs2)c2ccccc2)C=C1. The number of nitrogens with zero attached hydrogens (tertiary/aromatic N) is 1. The zero-order chi connectivity index (χ0) is 13.6. The molecule has 0 radical (unpaired) electrons. The normalized spacial score (nSPS) is 19.1. The largest absolute Gasteiger partial charge is 0.253 e. The molecule has 0 saturated carbocycles. The number of hydrogen-bond acceptors (Lipinski definition) is 3. The molecule has 20 heavy (non-hydrogen) atoms. The second-order valence-electron chi connectivity index (χ2n) is 4.82. The topological polar surface area (TPSA) is 12.9 Å². The summed E-state index contributed by atoms with van der Waals surface area (Å²) in [5.74, 6) is 1.62. The smallest absolute Gasteiger partial charge is 0.0794 e. The molecular weight excluding hydrogens is 282 g/mol. The Labute approximate surface area is 128 Å². The Balaban J connectivity index is 1.76. The molecule has 1 aliphatic carbocycles. The lowest BCUT2D eigenvalue weighted by molar-refractivity contribution is 0.638. The summed E-state index contributed by atoms with van der Waals surface area (Å²) in [6.07, 6.45) is 12.1. The lowest BCUT2D eigenvalue weighted by Gasteiger charge is -2.25. The van der Waals surface area contributed by atoms with E-state index in [1.54, 1.807) is 11.3 Å². The Morgan fingerprint density at radius 1 is 1.25 bits per heavy atom. The molecule has 0 spiro atoms. The van der Waals surface area contributed by atoms with Crippen molar-refractivity contribution in [2.24, 2.45) is 5.92 Å². The summed E-state index contributed by atoms with van der Waals surface area (Å²) in [5.41, 5.74) is 3.34. The van der Waals surface area contributed by atoms with Gasteiger partial charge < -0.3 is 0 Å². The highest BCUT2D eigenvalue weighted by atomic mass is 32.2. The molecule has 0 bridgehead atoms. The molecule has 0 N–H and O–H groups in total. The first-order valence-electron chi connectivity index (χ1n) is 6.81. The standard InChI is InChI=1S/C17H17NS2/c1-3-7-14(8-4-1)17(15-9-5-2-6-10-15)19-12-16-11-18-13-20-16/h1-9,11,13,15,17H,10,12H2.